The second-order valence-corrected chi connectivity index (χ2v) is 1.31. The molecule has 6 heteroatoms. The summed E-state index contributed by atoms with van der Waals surface area (Å²) in [5.74, 6) is 0. The van der Waals surface area contributed by atoms with Gasteiger partial charge in [0.25, 0.3) is 12.9 Å². The maximum Gasteiger partial charge on any atom is 0.259 e. The quantitative estimate of drug-likeness (QED) is 0.587. The van der Waals surface area contributed by atoms with Gasteiger partial charge in [-0.1, -0.05) is 0 Å². The predicted octanol–water partition coefficient (Wildman–Crippen LogP) is 3.47. The highest BCUT2D eigenvalue weighted by Gasteiger charge is 1.89. The Hall–Kier alpha value is -0.940. The Kier molecular flexibility index (Phi) is 11.4. The minimum atomic E-state index is -2.66. The van der Waals surface area contributed by atoms with E-state index in [0.717, 1.165) is 0 Å². The molecule has 0 aliphatic carbocycles. The van der Waals surface area contributed by atoms with Gasteiger partial charge in [0.1, 0.15) is 0 Å². The van der Waals surface area contributed by atoms with Crippen LogP contribution < -0.4 is 0 Å². The summed E-state index contributed by atoms with van der Waals surface area (Å²) >= 11 is 0. The van der Waals surface area contributed by atoms with E-state index in [1.54, 1.807) is 0 Å². The third-order valence-electron chi connectivity index (χ3n) is 0.436. The van der Waals surface area contributed by atoms with Crippen LogP contribution in [-0.4, -0.2) is 12.9 Å². The van der Waals surface area contributed by atoms with Gasteiger partial charge in [-0.15, -0.1) is 0 Å². The van der Waals surface area contributed by atoms with Gasteiger partial charge in [-0.3, -0.25) is 0 Å². The Morgan fingerprint density at radius 3 is 0.917 bits per heavy atom. The maximum absolute atomic E-state index is 10.7. The Morgan fingerprint density at radius 1 is 0.667 bits per heavy atom. The Morgan fingerprint density at radius 2 is 0.917 bits per heavy atom. The van der Waals surface area contributed by atoms with E-state index in [4.69, 9.17) is 0 Å². The third-order valence-corrected chi connectivity index (χ3v) is 0.436. The molecule has 0 unspecified atom stereocenters. The van der Waals surface area contributed by atoms with Crippen molar-refractivity contribution >= 4 is 0 Å². The monoisotopic (exact) mass is 192 g/mol. The second-order valence-electron chi connectivity index (χ2n) is 1.31. The highest BCUT2D eigenvalue weighted by Crippen LogP contribution is 1.92. The molecule has 0 amide bonds. The van der Waals surface area contributed by atoms with E-state index in [2.05, 4.69) is 0 Å². The normalized spacial score (nSPS) is 11.3. The van der Waals surface area contributed by atoms with Crippen molar-refractivity contribution in [2.75, 3.05) is 0 Å². The van der Waals surface area contributed by atoms with Crippen LogP contribution in [0.1, 0.15) is 0 Å². The molecule has 0 aromatic heterocycles. The molecule has 0 spiro atoms. The summed E-state index contributed by atoms with van der Waals surface area (Å²) in [6.45, 7) is 0. The number of allylic oxidation sites excluding steroid dienone is 2. The van der Waals surface area contributed by atoms with Gasteiger partial charge < -0.3 is 0 Å². The van der Waals surface area contributed by atoms with Crippen molar-refractivity contribution < 1.29 is 26.3 Å². The van der Waals surface area contributed by atoms with Crippen LogP contribution in [0.3, 0.4) is 0 Å². The third kappa shape index (κ3) is 23.0. The minimum Gasteiger partial charge on any atom is -0.216 e. The molecule has 0 fully saturated rings. The van der Waals surface area contributed by atoms with Gasteiger partial charge in [0, 0.05) is 12.2 Å². The molecule has 0 aliphatic heterocycles. The lowest BCUT2D eigenvalue weighted by atomic mass is 10.7. The van der Waals surface area contributed by atoms with E-state index in [0.29, 0.717) is 0 Å². The van der Waals surface area contributed by atoms with E-state index in [-0.39, 0.29) is 24.8 Å². The van der Waals surface area contributed by atoms with Crippen LogP contribution in [0.2, 0.25) is 0 Å². The molecule has 0 aliphatic rings. The zero-order chi connectivity index (χ0) is 9.98. The lowest BCUT2D eigenvalue weighted by molar-refractivity contribution is 0.202. The summed E-state index contributed by atoms with van der Waals surface area (Å²) in [6.07, 6.45) is -5.33. The van der Waals surface area contributed by atoms with Crippen molar-refractivity contribution in [2.45, 2.75) is 12.9 Å². The average Bonchev–Trinajstić information content (AvgIpc) is 1.87. The molecule has 0 heterocycles. The van der Waals surface area contributed by atoms with E-state index >= 15 is 0 Å². The van der Waals surface area contributed by atoms with Crippen LogP contribution in [0.4, 0.5) is 26.3 Å². The van der Waals surface area contributed by atoms with Crippen molar-refractivity contribution in [3.63, 3.8) is 0 Å². The first-order valence-electron chi connectivity index (χ1n) is 2.64. The topological polar surface area (TPSA) is 0 Å². The van der Waals surface area contributed by atoms with Gasteiger partial charge in [0.15, 0.2) is 0 Å². The summed E-state index contributed by atoms with van der Waals surface area (Å²) in [5.41, 5.74) is 0. The van der Waals surface area contributed by atoms with Crippen LogP contribution in [0, 0.1) is 0 Å². The van der Waals surface area contributed by atoms with Crippen molar-refractivity contribution in [1.29, 1.82) is 0 Å². The summed E-state index contributed by atoms with van der Waals surface area (Å²) in [4.78, 5) is 0. The van der Waals surface area contributed by atoms with Gasteiger partial charge >= 0.3 is 0 Å². The smallest absolute Gasteiger partial charge is 0.216 e. The van der Waals surface area contributed by atoms with Gasteiger partial charge in [-0.2, -0.15) is 0 Å². The lowest BCUT2D eigenvalue weighted by Gasteiger charge is -1.76. The summed E-state index contributed by atoms with van der Waals surface area (Å²) in [6, 6.07) is 0. The number of halogens is 6. The second kappa shape index (κ2) is 10.1. The molecular formula is C6H6F6. The van der Waals surface area contributed by atoms with E-state index < -0.39 is 12.9 Å². The molecule has 0 nitrogen and oxygen atoms in total. The fourth-order valence-electron chi connectivity index (χ4n) is 0.110. The number of hydrogen-bond acceptors (Lipinski definition) is 0. The van der Waals surface area contributed by atoms with Crippen molar-refractivity contribution in [3.8, 4) is 0 Å². The molecule has 0 atom stereocenters. The zero-order valence-corrected chi connectivity index (χ0v) is 5.73. The molecule has 0 saturated heterocycles. The molecule has 12 heavy (non-hydrogen) atoms. The van der Waals surface area contributed by atoms with Crippen molar-refractivity contribution in [2.24, 2.45) is 0 Å². The summed E-state index contributed by atoms with van der Waals surface area (Å²) in [5, 5.41) is 0. The molecular weight excluding hydrogens is 186 g/mol. The molecule has 0 rings (SSSR count). The fourth-order valence-corrected chi connectivity index (χ4v) is 0.110. The minimum absolute atomic E-state index is 0.167. The van der Waals surface area contributed by atoms with Crippen LogP contribution >= 0.6 is 0 Å². The van der Waals surface area contributed by atoms with Gasteiger partial charge in [0.2, 0.25) is 0 Å². The SMILES string of the molecule is FC=CC(F)F.FC=CC(F)F. The van der Waals surface area contributed by atoms with Crippen LogP contribution in [0.5, 0.6) is 0 Å². The number of alkyl halides is 4. The van der Waals surface area contributed by atoms with Crippen LogP contribution in [0.15, 0.2) is 24.8 Å². The fraction of sp³-hybridized carbons (Fsp3) is 0.333. The molecule has 0 N–H and O–H groups in total. The summed E-state index contributed by atoms with van der Waals surface area (Å²) in [7, 11) is 0. The van der Waals surface area contributed by atoms with Gasteiger partial charge in [-0.05, 0) is 0 Å². The van der Waals surface area contributed by atoms with E-state index in [9.17, 15) is 26.3 Å². The number of hydrogen-bond donors (Lipinski definition) is 0. The highest BCUT2D eigenvalue weighted by molar-refractivity contribution is 4.74. The first kappa shape index (κ1) is 13.6. The molecule has 0 aromatic carbocycles. The Bertz CT molecular complexity index is 112. The molecule has 0 saturated carbocycles. The van der Waals surface area contributed by atoms with E-state index in [1.807, 2.05) is 0 Å². The maximum atomic E-state index is 10.7. The molecule has 0 bridgehead atoms. The average molecular weight is 192 g/mol. The Labute approximate surface area is 65.2 Å². The molecule has 0 aromatic rings. The molecule has 0 radical (unpaired) electrons. The van der Waals surface area contributed by atoms with Crippen LogP contribution in [0.25, 0.3) is 0 Å². The van der Waals surface area contributed by atoms with Gasteiger partial charge in [0.05, 0.1) is 12.7 Å². The van der Waals surface area contributed by atoms with Crippen molar-refractivity contribution in [1.82, 2.24) is 0 Å². The largest absolute Gasteiger partial charge is 0.259 e. The first-order chi connectivity index (χ1) is 5.54. The van der Waals surface area contributed by atoms with E-state index in [1.165, 1.54) is 0 Å². The van der Waals surface area contributed by atoms with Crippen molar-refractivity contribution in [3.05, 3.63) is 24.8 Å². The lowest BCUT2D eigenvalue weighted by Crippen LogP contribution is -1.76. The van der Waals surface area contributed by atoms with Gasteiger partial charge in [-0.25, -0.2) is 26.3 Å². The highest BCUT2D eigenvalue weighted by atomic mass is 19.3. The Balaban J connectivity index is 0. The zero-order valence-electron chi connectivity index (χ0n) is 5.73. The first-order valence-corrected chi connectivity index (χ1v) is 2.64. The predicted molar refractivity (Wildman–Crippen MR) is 32.5 cm³/mol. The van der Waals surface area contributed by atoms with Crippen LogP contribution in [-0.2, 0) is 0 Å². The standard InChI is InChI=1S/2C3H3F3/c2*4-2-1-3(5)6/h2*1-3H. The molecule has 72 valence electrons. The number of rotatable bonds is 2. The summed E-state index contributed by atoms with van der Waals surface area (Å²) < 4.78 is 64.0.